The number of aliphatic hydroxyl groups is 8. The Labute approximate surface area is 514 Å². The van der Waals surface area contributed by atoms with E-state index in [0.717, 1.165) is 116 Å². The molecule has 12 atom stereocenters. The number of hydrogen-bond acceptors (Lipinski definition) is 13. The fourth-order valence-corrected chi connectivity index (χ4v) is 10.1. The fraction of sp³-hybridized carbons (Fsp3) is 0.704. The van der Waals surface area contributed by atoms with Gasteiger partial charge in [-0.25, -0.2) is 0 Å². The summed E-state index contributed by atoms with van der Waals surface area (Å²) in [5.41, 5.74) is 0. The summed E-state index contributed by atoms with van der Waals surface area (Å²) in [6.45, 7) is 2.65. The van der Waals surface area contributed by atoms with Crippen molar-refractivity contribution in [1.29, 1.82) is 0 Å². The molecule has 2 aliphatic heterocycles. The van der Waals surface area contributed by atoms with Gasteiger partial charge in [0, 0.05) is 6.42 Å². The molecule has 2 aliphatic rings. The summed E-state index contributed by atoms with van der Waals surface area (Å²) in [6.07, 6.45) is 62.3. The van der Waals surface area contributed by atoms with E-state index in [9.17, 15) is 45.6 Å². The number of hydrogen-bond donors (Lipinski definition) is 9. The highest BCUT2D eigenvalue weighted by atomic mass is 16.7. The van der Waals surface area contributed by atoms with E-state index in [0.29, 0.717) is 12.8 Å². The normalized spacial score (nSPS) is 24.4. The molecule has 14 nitrogen and oxygen atoms in total. The van der Waals surface area contributed by atoms with Crippen LogP contribution in [-0.2, 0) is 23.7 Å². The average Bonchev–Trinajstić information content (AvgIpc) is 3.69. The van der Waals surface area contributed by atoms with Crippen LogP contribution in [0.5, 0.6) is 0 Å². The maximum atomic E-state index is 13.3. The van der Waals surface area contributed by atoms with Gasteiger partial charge in [0.05, 0.1) is 32.0 Å². The van der Waals surface area contributed by atoms with Crippen molar-refractivity contribution in [2.45, 2.75) is 299 Å². The van der Waals surface area contributed by atoms with Gasteiger partial charge in [-0.3, -0.25) is 4.79 Å². The van der Waals surface area contributed by atoms with Crippen molar-refractivity contribution in [3.63, 3.8) is 0 Å². The molecular weight excluding hydrogens is 1070 g/mol. The lowest BCUT2D eigenvalue weighted by Crippen LogP contribution is -2.65. The van der Waals surface area contributed by atoms with Crippen LogP contribution in [0.25, 0.3) is 0 Å². The molecule has 0 aromatic rings. The van der Waals surface area contributed by atoms with E-state index < -0.39 is 86.8 Å². The van der Waals surface area contributed by atoms with Crippen molar-refractivity contribution in [3.05, 3.63) is 122 Å². The van der Waals surface area contributed by atoms with Crippen molar-refractivity contribution < 1.29 is 64.6 Å². The Morgan fingerprint density at radius 3 is 1.29 bits per heavy atom. The highest BCUT2D eigenvalue weighted by molar-refractivity contribution is 5.76. The predicted octanol–water partition coefficient (Wildman–Crippen LogP) is 12.9. The highest BCUT2D eigenvalue weighted by Gasteiger charge is 2.51. The maximum absolute atomic E-state index is 13.3. The third-order valence-corrected chi connectivity index (χ3v) is 15.4. The first kappa shape index (κ1) is 77.5. The predicted molar refractivity (Wildman–Crippen MR) is 345 cm³/mol. The summed E-state index contributed by atoms with van der Waals surface area (Å²) in [5.74, 6) is -0.269. The number of nitrogens with one attached hydrogen (secondary N) is 1. The van der Waals surface area contributed by atoms with Gasteiger partial charge in [0.15, 0.2) is 12.6 Å². The van der Waals surface area contributed by atoms with Crippen LogP contribution in [-0.4, -0.2) is 140 Å². The molecule has 2 fully saturated rings. The van der Waals surface area contributed by atoms with Crippen molar-refractivity contribution in [3.8, 4) is 0 Å². The van der Waals surface area contributed by atoms with E-state index in [2.05, 4.69) is 129 Å². The van der Waals surface area contributed by atoms with E-state index in [-0.39, 0.29) is 18.9 Å². The fourth-order valence-electron chi connectivity index (χ4n) is 10.1. The molecule has 0 bridgehead atoms. The quantitative estimate of drug-likeness (QED) is 0.0204. The van der Waals surface area contributed by atoms with Crippen molar-refractivity contribution in [1.82, 2.24) is 5.32 Å². The smallest absolute Gasteiger partial charge is 0.220 e. The standard InChI is InChI=1S/C71H119NO13/c1-3-5-7-9-11-13-15-17-19-21-23-25-27-28-29-30-31-32-33-35-37-39-41-43-45-47-49-51-53-55-63(76)72-59(58-82-70-68(81)66(79)69(62(57-74)84-70)85-71-67(80)65(78)64(77)61(56-73)83-71)60(75)54-52-50-48-46-44-42-40-38-36-34-26-24-22-20-18-16-14-12-10-8-6-4-2/h5,7,11,13,17,19,23,25,28-29,31-32,35-38,44,46,52,54,59-62,64-71,73-75,77-81H,3-4,6,8-10,12,14-16,18,20-22,24,26-27,30,33-34,39-43,45,47-51,53,55-58H2,1-2H3,(H,72,76)/b7-5-,13-11-,19-17-,25-23-,29-28-,32-31-,37-35-,38-36+,46-44+,54-52+. The first-order valence-corrected chi connectivity index (χ1v) is 33.3. The van der Waals surface area contributed by atoms with Crippen LogP contribution >= 0.6 is 0 Å². The number of carbonyl (C=O) groups is 1. The van der Waals surface area contributed by atoms with E-state index in [1.54, 1.807) is 6.08 Å². The minimum Gasteiger partial charge on any atom is -0.394 e. The first-order valence-electron chi connectivity index (χ1n) is 33.3. The second-order valence-corrected chi connectivity index (χ2v) is 22.8. The monoisotopic (exact) mass is 1190 g/mol. The summed E-state index contributed by atoms with van der Waals surface area (Å²) in [5, 5.41) is 87.3. The van der Waals surface area contributed by atoms with Crippen molar-refractivity contribution >= 4 is 5.91 Å². The molecule has 1 amide bonds. The molecule has 0 radical (unpaired) electrons. The lowest BCUT2D eigenvalue weighted by molar-refractivity contribution is -0.359. The molecule has 0 spiro atoms. The highest BCUT2D eigenvalue weighted by Crippen LogP contribution is 2.30. The summed E-state index contributed by atoms with van der Waals surface area (Å²) >= 11 is 0. The second-order valence-electron chi connectivity index (χ2n) is 22.8. The minimum atomic E-state index is -1.80. The van der Waals surface area contributed by atoms with Crippen molar-refractivity contribution in [2.24, 2.45) is 0 Å². The number of allylic oxidation sites excluding steroid dienone is 19. The van der Waals surface area contributed by atoms with E-state index in [1.807, 2.05) is 6.08 Å². The lowest BCUT2D eigenvalue weighted by atomic mass is 9.97. The summed E-state index contributed by atoms with van der Waals surface area (Å²) in [4.78, 5) is 13.3. The number of rotatable bonds is 52. The molecule has 0 aromatic carbocycles. The molecule has 2 rings (SSSR count). The van der Waals surface area contributed by atoms with E-state index >= 15 is 0 Å². The van der Waals surface area contributed by atoms with Gasteiger partial charge >= 0.3 is 0 Å². The molecule has 9 N–H and O–H groups in total. The molecule has 0 aliphatic carbocycles. The van der Waals surface area contributed by atoms with Crippen LogP contribution in [0.3, 0.4) is 0 Å². The van der Waals surface area contributed by atoms with Crippen LogP contribution < -0.4 is 5.32 Å². The molecule has 0 aromatic heterocycles. The first-order chi connectivity index (χ1) is 41.6. The Balaban J connectivity index is 1.75. The largest absolute Gasteiger partial charge is 0.394 e. The molecule has 85 heavy (non-hydrogen) atoms. The Morgan fingerprint density at radius 1 is 0.435 bits per heavy atom. The van der Waals surface area contributed by atoms with E-state index in [1.165, 1.54) is 77.0 Å². The molecule has 2 saturated heterocycles. The zero-order valence-corrected chi connectivity index (χ0v) is 52.6. The summed E-state index contributed by atoms with van der Waals surface area (Å²) in [7, 11) is 0. The zero-order valence-electron chi connectivity index (χ0n) is 52.6. The third kappa shape index (κ3) is 39.1. The Bertz CT molecular complexity index is 1890. The molecule has 2 heterocycles. The molecule has 14 heteroatoms. The molecule has 486 valence electrons. The van der Waals surface area contributed by atoms with E-state index in [4.69, 9.17) is 18.9 Å². The zero-order chi connectivity index (χ0) is 61.6. The Morgan fingerprint density at radius 2 is 0.824 bits per heavy atom. The number of ether oxygens (including phenoxy) is 4. The van der Waals surface area contributed by atoms with Crippen molar-refractivity contribution in [2.75, 3.05) is 19.8 Å². The number of carbonyl (C=O) groups excluding carboxylic acids is 1. The van der Waals surface area contributed by atoms with Gasteiger partial charge in [0.1, 0.15) is 48.8 Å². The number of unbranched alkanes of at least 4 members (excludes halogenated alkanes) is 21. The third-order valence-electron chi connectivity index (χ3n) is 15.4. The summed E-state index contributed by atoms with van der Waals surface area (Å²) < 4.78 is 22.8. The van der Waals surface area contributed by atoms with Gasteiger partial charge in [-0.15, -0.1) is 0 Å². The lowest BCUT2D eigenvalue weighted by Gasteiger charge is -2.46. The molecule has 12 unspecified atom stereocenters. The second kappa shape index (κ2) is 54.5. The van der Waals surface area contributed by atoms with Crippen LogP contribution in [0.1, 0.15) is 226 Å². The minimum absolute atomic E-state index is 0.249. The molecule has 0 saturated carbocycles. The average molecular weight is 1190 g/mol. The van der Waals surface area contributed by atoms with Gasteiger partial charge in [-0.1, -0.05) is 238 Å². The van der Waals surface area contributed by atoms with Gasteiger partial charge in [0.25, 0.3) is 0 Å². The van der Waals surface area contributed by atoms with Gasteiger partial charge in [-0.2, -0.15) is 0 Å². The van der Waals surface area contributed by atoms with Gasteiger partial charge in [-0.05, 0) is 103 Å². The van der Waals surface area contributed by atoms with Crippen LogP contribution in [0, 0.1) is 0 Å². The van der Waals surface area contributed by atoms with Crippen LogP contribution in [0.15, 0.2) is 122 Å². The Hall–Kier alpha value is -3.61. The van der Waals surface area contributed by atoms with Gasteiger partial charge < -0.3 is 65.1 Å². The maximum Gasteiger partial charge on any atom is 0.220 e. The summed E-state index contributed by atoms with van der Waals surface area (Å²) in [6, 6.07) is -0.954. The topological polar surface area (TPSA) is 228 Å². The molecular formula is C71H119NO13. The number of amides is 1. The van der Waals surface area contributed by atoms with Crippen LogP contribution in [0.4, 0.5) is 0 Å². The SMILES string of the molecule is CC/C=C\C/C=C\C/C=C\C/C=C\C/C=C\C/C=C\C/C=C\CCCCCCCCCC(=O)NC(COC1OC(CO)C(OC2OC(CO)C(O)C(O)C2O)C(O)C1O)C(O)/C=C/CC/C=C/CC/C=C/CCCCCCCCCCCCCC. The van der Waals surface area contributed by atoms with Crippen LogP contribution in [0.2, 0.25) is 0 Å². The Kier molecular flexibility index (Phi) is 49.7. The number of aliphatic hydroxyl groups excluding tert-OH is 8. The van der Waals surface area contributed by atoms with Gasteiger partial charge in [0.2, 0.25) is 5.91 Å².